The Bertz CT molecular complexity index is 275. The molecule has 1 aromatic rings. The van der Waals surface area contributed by atoms with Crippen LogP contribution in [0.4, 0.5) is 0 Å². The molecule has 0 aliphatic rings. The molecule has 92 valence electrons. The van der Waals surface area contributed by atoms with Gasteiger partial charge in [-0.2, -0.15) is 5.10 Å². The van der Waals surface area contributed by atoms with Crippen LogP contribution in [-0.2, 0) is 17.8 Å². The third-order valence-corrected chi connectivity index (χ3v) is 2.34. The number of hydrogen-bond donors (Lipinski definition) is 1. The lowest BCUT2D eigenvalue weighted by Gasteiger charge is -2.00. The summed E-state index contributed by atoms with van der Waals surface area (Å²) in [5, 5.41) is 7.60. The summed E-state index contributed by atoms with van der Waals surface area (Å²) < 4.78 is 6.86. The summed E-state index contributed by atoms with van der Waals surface area (Å²) in [5.41, 5.74) is 0. The number of hydrogen-bond acceptors (Lipinski definition) is 4. The third-order valence-electron chi connectivity index (χ3n) is 2.34. The second-order valence-corrected chi connectivity index (χ2v) is 3.80. The van der Waals surface area contributed by atoms with Crippen molar-refractivity contribution in [2.45, 2.75) is 39.3 Å². The zero-order valence-corrected chi connectivity index (χ0v) is 10.3. The van der Waals surface area contributed by atoms with E-state index in [4.69, 9.17) is 4.74 Å². The number of aryl methyl sites for hydroxylation is 1. The van der Waals surface area contributed by atoms with Gasteiger partial charge in [-0.3, -0.25) is 4.68 Å². The molecule has 0 radical (unpaired) electrons. The molecule has 0 bridgehead atoms. The molecule has 0 unspecified atom stereocenters. The maximum atomic E-state index is 4.94. The topological polar surface area (TPSA) is 52.0 Å². The van der Waals surface area contributed by atoms with Crippen molar-refractivity contribution >= 4 is 0 Å². The molecule has 0 saturated heterocycles. The summed E-state index contributed by atoms with van der Waals surface area (Å²) in [4.78, 5) is 4.24. The molecule has 0 atom stereocenters. The molecular weight excluding hydrogens is 204 g/mol. The van der Waals surface area contributed by atoms with E-state index in [0.717, 1.165) is 25.5 Å². The minimum absolute atomic E-state index is 0.712. The highest BCUT2D eigenvalue weighted by molar-refractivity contribution is 4.80. The van der Waals surface area contributed by atoms with E-state index in [9.17, 15) is 0 Å². The van der Waals surface area contributed by atoms with Crippen molar-refractivity contribution in [2.75, 3.05) is 20.3 Å². The highest BCUT2D eigenvalue weighted by Gasteiger charge is 1.99. The summed E-state index contributed by atoms with van der Waals surface area (Å²) in [6, 6.07) is 0. The van der Waals surface area contributed by atoms with Crippen LogP contribution in [0.25, 0.3) is 0 Å². The van der Waals surface area contributed by atoms with Crippen molar-refractivity contribution < 1.29 is 4.74 Å². The summed E-state index contributed by atoms with van der Waals surface area (Å²) in [7, 11) is 1.70. The van der Waals surface area contributed by atoms with Gasteiger partial charge in [0.2, 0.25) is 0 Å². The molecule has 1 N–H and O–H groups in total. The van der Waals surface area contributed by atoms with Crippen LogP contribution in [0, 0.1) is 0 Å². The molecule has 0 aromatic carbocycles. The first-order valence-electron chi connectivity index (χ1n) is 5.94. The molecule has 1 rings (SSSR count). The number of aromatic nitrogens is 3. The van der Waals surface area contributed by atoms with E-state index in [1.54, 1.807) is 7.11 Å². The lowest BCUT2D eigenvalue weighted by atomic mass is 10.2. The van der Waals surface area contributed by atoms with E-state index in [1.165, 1.54) is 19.3 Å². The number of methoxy groups -OCH3 is 1. The number of unbranched alkanes of at least 4 members (excludes halogenated alkanes) is 2. The Labute approximate surface area is 97.2 Å². The van der Waals surface area contributed by atoms with Gasteiger partial charge in [-0.1, -0.05) is 19.8 Å². The monoisotopic (exact) mass is 226 g/mol. The van der Waals surface area contributed by atoms with Crippen LogP contribution in [0.3, 0.4) is 0 Å². The van der Waals surface area contributed by atoms with Gasteiger partial charge in [-0.25, -0.2) is 4.98 Å². The van der Waals surface area contributed by atoms with Gasteiger partial charge in [0.15, 0.2) is 5.82 Å². The predicted octanol–water partition coefficient (Wildman–Crippen LogP) is 1.20. The van der Waals surface area contributed by atoms with Gasteiger partial charge in [-0.05, 0) is 6.42 Å². The van der Waals surface area contributed by atoms with E-state index < -0.39 is 0 Å². The molecule has 5 heteroatoms. The van der Waals surface area contributed by atoms with Crippen LogP contribution in [-0.4, -0.2) is 35.0 Å². The molecule has 0 aliphatic heterocycles. The SMILES string of the molecule is CCCCCn1cnc(CNCCOC)n1. The van der Waals surface area contributed by atoms with Crippen molar-refractivity contribution in [2.24, 2.45) is 0 Å². The standard InChI is InChI=1S/C11H22N4O/c1-3-4-5-7-15-10-13-11(14-15)9-12-6-8-16-2/h10,12H,3-9H2,1-2H3. The highest BCUT2D eigenvalue weighted by Crippen LogP contribution is 1.97. The average Bonchev–Trinajstić information content (AvgIpc) is 2.73. The van der Waals surface area contributed by atoms with E-state index in [-0.39, 0.29) is 0 Å². The Hall–Kier alpha value is -0.940. The number of ether oxygens (including phenoxy) is 1. The maximum Gasteiger partial charge on any atom is 0.164 e. The molecule has 1 heterocycles. The van der Waals surface area contributed by atoms with Crippen LogP contribution in [0.15, 0.2) is 6.33 Å². The van der Waals surface area contributed by atoms with Crippen molar-refractivity contribution in [1.29, 1.82) is 0 Å². The first-order chi connectivity index (χ1) is 7.86. The molecule has 5 nitrogen and oxygen atoms in total. The zero-order valence-electron chi connectivity index (χ0n) is 10.3. The van der Waals surface area contributed by atoms with Crippen LogP contribution in [0.1, 0.15) is 32.0 Å². The molecule has 0 amide bonds. The fourth-order valence-electron chi connectivity index (χ4n) is 1.42. The fraction of sp³-hybridized carbons (Fsp3) is 0.818. The summed E-state index contributed by atoms with van der Waals surface area (Å²) in [5.74, 6) is 0.854. The van der Waals surface area contributed by atoms with Crippen molar-refractivity contribution in [1.82, 2.24) is 20.1 Å². The van der Waals surface area contributed by atoms with E-state index >= 15 is 0 Å². The fourth-order valence-corrected chi connectivity index (χ4v) is 1.42. The van der Waals surface area contributed by atoms with Crippen molar-refractivity contribution in [3.63, 3.8) is 0 Å². The second-order valence-electron chi connectivity index (χ2n) is 3.80. The van der Waals surface area contributed by atoms with Gasteiger partial charge in [-0.15, -0.1) is 0 Å². The van der Waals surface area contributed by atoms with Crippen molar-refractivity contribution in [3.05, 3.63) is 12.2 Å². The molecule has 0 aliphatic carbocycles. The molecule has 16 heavy (non-hydrogen) atoms. The first-order valence-corrected chi connectivity index (χ1v) is 5.94. The van der Waals surface area contributed by atoms with Gasteiger partial charge >= 0.3 is 0 Å². The van der Waals surface area contributed by atoms with Crippen LogP contribution < -0.4 is 5.32 Å². The normalized spacial score (nSPS) is 10.9. The molecule has 1 aromatic heterocycles. The first kappa shape index (κ1) is 13.1. The Kier molecular flexibility index (Phi) is 6.76. The highest BCUT2D eigenvalue weighted by atomic mass is 16.5. The van der Waals surface area contributed by atoms with E-state index in [0.29, 0.717) is 6.54 Å². The average molecular weight is 226 g/mol. The van der Waals surface area contributed by atoms with E-state index in [2.05, 4.69) is 22.3 Å². The minimum atomic E-state index is 0.712. The van der Waals surface area contributed by atoms with Crippen LogP contribution in [0.2, 0.25) is 0 Å². The summed E-state index contributed by atoms with van der Waals surface area (Å²) >= 11 is 0. The van der Waals surface area contributed by atoms with Gasteiger partial charge < -0.3 is 10.1 Å². The van der Waals surface area contributed by atoms with Gasteiger partial charge in [0.25, 0.3) is 0 Å². The summed E-state index contributed by atoms with van der Waals surface area (Å²) in [6.45, 7) is 5.44. The summed E-state index contributed by atoms with van der Waals surface area (Å²) in [6.07, 6.45) is 5.47. The molecule has 0 spiro atoms. The molecule has 0 saturated carbocycles. The number of rotatable bonds is 9. The lowest BCUT2D eigenvalue weighted by Crippen LogP contribution is -2.19. The smallest absolute Gasteiger partial charge is 0.164 e. The van der Waals surface area contributed by atoms with Crippen LogP contribution in [0.5, 0.6) is 0 Å². The van der Waals surface area contributed by atoms with E-state index in [1.807, 2.05) is 11.0 Å². The quantitative estimate of drug-likeness (QED) is 0.643. The lowest BCUT2D eigenvalue weighted by molar-refractivity contribution is 0.199. The second kappa shape index (κ2) is 8.24. The minimum Gasteiger partial charge on any atom is -0.383 e. The van der Waals surface area contributed by atoms with Gasteiger partial charge in [0.1, 0.15) is 6.33 Å². The van der Waals surface area contributed by atoms with Crippen LogP contribution >= 0.6 is 0 Å². The Morgan fingerprint density at radius 3 is 3.06 bits per heavy atom. The number of nitrogens with zero attached hydrogens (tertiary/aromatic N) is 3. The van der Waals surface area contributed by atoms with Gasteiger partial charge in [0.05, 0.1) is 13.2 Å². The van der Waals surface area contributed by atoms with Gasteiger partial charge in [0, 0.05) is 20.2 Å². The number of nitrogens with one attached hydrogen (secondary N) is 1. The largest absolute Gasteiger partial charge is 0.383 e. The third kappa shape index (κ3) is 5.23. The molecular formula is C11H22N4O. The van der Waals surface area contributed by atoms with Crippen molar-refractivity contribution in [3.8, 4) is 0 Å². The Morgan fingerprint density at radius 2 is 2.31 bits per heavy atom. The Morgan fingerprint density at radius 1 is 1.44 bits per heavy atom. The predicted molar refractivity (Wildman–Crippen MR) is 63.1 cm³/mol. The molecule has 0 fully saturated rings. The maximum absolute atomic E-state index is 4.94. The zero-order chi connectivity index (χ0) is 11.6. The Balaban J connectivity index is 2.17.